The second-order valence-electron chi connectivity index (χ2n) is 4.03. The van der Waals surface area contributed by atoms with Gasteiger partial charge in [-0.2, -0.15) is 0 Å². The lowest BCUT2D eigenvalue weighted by Crippen LogP contribution is -2.14. The van der Waals surface area contributed by atoms with E-state index in [1.807, 2.05) is 6.92 Å². The number of esters is 1. The van der Waals surface area contributed by atoms with Crippen molar-refractivity contribution >= 4 is 46.5 Å². The molecule has 0 aliphatic heterocycles. The highest BCUT2D eigenvalue weighted by molar-refractivity contribution is 7.07. The van der Waals surface area contributed by atoms with E-state index in [4.69, 9.17) is 27.9 Å². The largest absolute Gasteiger partial charge is 0.453 e. The fourth-order valence-corrected chi connectivity index (χ4v) is 2.49. The van der Waals surface area contributed by atoms with Gasteiger partial charge < -0.3 is 4.74 Å². The van der Waals surface area contributed by atoms with Crippen LogP contribution < -0.4 is 0 Å². The Labute approximate surface area is 135 Å². The van der Waals surface area contributed by atoms with Gasteiger partial charge in [-0.05, 0) is 36.2 Å². The first-order valence-corrected chi connectivity index (χ1v) is 7.52. The zero-order chi connectivity index (χ0) is 15.4. The lowest BCUT2D eigenvalue weighted by atomic mass is 10.1. The lowest BCUT2D eigenvalue weighted by molar-refractivity contribution is 0.0478. The van der Waals surface area contributed by atoms with Crippen LogP contribution in [-0.4, -0.2) is 27.9 Å². The maximum absolute atomic E-state index is 11.9. The Kier molecular flexibility index (Phi) is 5.27. The predicted octanol–water partition coefficient (Wildman–Crippen LogP) is 3.45. The van der Waals surface area contributed by atoms with Gasteiger partial charge in [0, 0.05) is 5.56 Å². The molecule has 5 nitrogen and oxygen atoms in total. The Hall–Kier alpha value is -1.50. The number of ether oxygens (including phenoxy) is 1. The van der Waals surface area contributed by atoms with E-state index in [1.54, 1.807) is 0 Å². The number of carbonyl (C=O) groups excluding carboxylic acids is 2. The van der Waals surface area contributed by atoms with Crippen LogP contribution in [0.2, 0.25) is 10.0 Å². The van der Waals surface area contributed by atoms with E-state index in [0.29, 0.717) is 27.6 Å². The van der Waals surface area contributed by atoms with Gasteiger partial charge in [-0.3, -0.25) is 4.79 Å². The van der Waals surface area contributed by atoms with Crippen LogP contribution in [0.3, 0.4) is 0 Å². The summed E-state index contributed by atoms with van der Waals surface area (Å²) in [6.45, 7) is 1.48. The van der Waals surface area contributed by atoms with Crippen molar-refractivity contribution in [2.75, 3.05) is 6.61 Å². The molecule has 1 heterocycles. The number of rotatable bonds is 5. The summed E-state index contributed by atoms with van der Waals surface area (Å²) >= 11 is 12.6. The summed E-state index contributed by atoms with van der Waals surface area (Å²) in [6, 6.07) is 4.48. The number of aromatic nitrogens is 2. The molecule has 8 heteroatoms. The van der Waals surface area contributed by atoms with Crippen LogP contribution in [0.15, 0.2) is 18.2 Å². The molecule has 0 atom stereocenters. The van der Waals surface area contributed by atoms with Crippen LogP contribution in [0.5, 0.6) is 0 Å². The highest BCUT2D eigenvalue weighted by Gasteiger charge is 2.18. The van der Waals surface area contributed by atoms with Gasteiger partial charge in [-0.25, -0.2) is 4.79 Å². The average molecular weight is 345 g/mol. The highest BCUT2D eigenvalue weighted by atomic mass is 35.5. The molecule has 0 aliphatic rings. The van der Waals surface area contributed by atoms with E-state index < -0.39 is 5.97 Å². The van der Waals surface area contributed by atoms with E-state index in [9.17, 15) is 9.59 Å². The summed E-state index contributed by atoms with van der Waals surface area (Å²) in [5.41, 5.74) is 0.891. The van der Waals surface area contributed by atoms with Crippen LogP contribution in [0.1, 0.15) is 32.6 Å². The van der Waals surface area contributed by atoms with Crippen molar-refractivity contribution in [2.45, 2.75) is 13.3 Å². The number of benzene rings is 1. The molecule has 0 saturated carbocycles. The SMILES string of the molecule is CCc1nnsc1C(=O)OCC(=O)c1ccc(Cl)c(Cl)c1. The Balaban J connectivity index is 2.01. The van der Waals surface area contributed by atoms with Gasteiger partial charge in [0.15, 0.2) is 17.3 Å². The second kappa shape index (κ2) is 6.98. The van der Waals surface area contributed by atoms with Crippen molar-refractivity contribution in [1.82, 2.24) is 9.59 Å². The standard InChI is InChI=1S/C13H10Cl2N2O3S/c1-2-10-12(21-17-16-10)13(19)20-6-11(18)7-3-4-8(14)9(15)5-7/h3-5H,2,6H2,1H3. The van der Waals surface area contributed by atoms with Crippen molar-refractivity contribution in [3.05, 3.63) is 44.4 Å². The minimum Gasteiger partial charge on any atom is -0.453 e. The predicted molar refractivity (Wildman–Crippen MR) is 80.4 cm³/mol. The molecule has 110 valence electrons. The third-order valence-corrected chi connectivity index (χ3v) is 4.14. The molecule has 0 radical (unpaired) electrons. The van der Waals surface area contributed by atoms with Gasteiger partial charge in [0.25, 0.3) is 0 Å². The van der Waals surface area contributed by atoms with E-state index >= 15 is 0 Å². The van der Waals surface area contributed by atoms with Crippen molar-refractivity contribution < 1.29 is 14.3 Å². The Bertz CT molecular complexity index is 688. The molecule has 0 saturated heterocycles. The molecule has 0 unspecified atom stereocenters. The van der Waals surface area contributed by atoms with Crippen molar-refractivity contribution in [3.63, 3.8) is 0 Å². The van der Waals surface area contributed by atoms with Crippen LogP contribution in [0, 0.1) is 0 Å². The lowest BCUT2D eigenvalue weighted by Gasteiger charge is -2.04. The first kappa shape index (κ1) is 15.9. The van der Waals surface area contributed by atoms with Gasteiger partial charge >= 0.3 is 5.97 Å². The molecule has 1 aromatic heterocycles. The third-order valence-electron chi connectivity index (χ3n) is 2.65. The van der Waals surface area contributed by atoms with Gasteiger partial charge in [0.2, 0.25) is 0 Å². The summed E-state index contributed by atoms with van der Waals surface area (Å²) in [5.74, 6) is -0.965. The minimum atomic E-state index is -0.602. The monoisotopic (exact) mass is 344 g/mol. The van der Waals surface area contributed by atoms with Crippen LogP contribution in [-0.2, 0) is 11.2 Å². The quantitative estimate of drug-likeness (QED) is 0.613. The van der Waals surface area contributed by atoms with Gasteiger partial charge in [0.1, 0.15) is 0 Å². The van der Waals surface area contributed by atoms with Gasteiger partial charge in [-0.15, -0.1) is 5.10 Å². The second-order valence-corrected chi connectivity index (χ2v) is 5.60. The van der Waals surface area contributed by atoms with Gasteiger partial charge in [-0.1, -0.05) is 34.6 Å². The maximum atomic E-state index is 11.9. The summed E-state index contributed by atoms with van der Waals surface area (Å²) in [7, 11) is 0. The molecule has 0 aliphatic carbocycles. The molecule has 0 amide bonds. The fourth-order valence-electron chi connectivity index (χ4n) is 1.54. The summed E-state index contributed by atoms with van der Waals surface area (Å²) < 4.78 is 8.68. The molecule has 1 aromatic carbocycles. The molecule has 0 fully saturated rings. The summed E-state index contributed by atoms with van der Waals surface area (Å²) in [4.78, 5) is 24.1. The number of carbonyl (C=O) groups is 2. The molecule has 0 N–H and O–H groups in total. The number of aryl methyl sites for hydroxylation is 1. The first-order chi connectivity index (χ1) is 10.0. The highest BCUT2D eigenvalue weighted by Crippen LogP contribution is 2.23. The van der Waals surface area contributed by atoms with Crippen molar-refractivity contribution in [1.29, 1.82) is 0 Å². The molecule has 2 aromatic rings. The van der Waals surface area contributed by atoms with E-state index in [1.165, 1.54) is 18.2 Å². The van der Waals surface area contributed by atoms with E-state index in [2.05, 4.69) is 9.59 Å². The molecular weight excluding hydrogens is 335 g/mol. The smallest absolute Gasteiger partial charge is 0.352 e. The minimum absolute atomic E-state index is 0.272. The Morgan fingerprint density at radius 3 is 2.71 bits per heavy atom. The molecular formula is C13H10Cl2N2O3S. The normalized spacial score (nSPS) is 10.4. The zero-order valence-corrected chi connectivity index (χ0v) is 13.3. The number of nitrogens with zero attached hydrogens (tertiary/aromatic N) is 2. The molecule has 0 bridgehead atoms. The molecule has 2 rings (SSSR count). The van der Waals surface area contributed by atoms with Crippen LogP contribution >= 0.6 is 34.7 Å². The average Bonchev–Trinajstić information content (AvgIpc) is 2.95. The number of halogens is 2. The molecule has 0 spiro atoms. The Morgan fingerprint density at radius 2 is 2.05 bits per heavy atom. The van der Waals surface area contributed by atoms with Crippen LogP contribution in [0.25, 0.3) is 0 Å². The van der Waals surface area contributed by atoms with Crippen molar-refractivity contribution in [2.24, 2.45) is 0 Å². The summed E-state index contributed by atoms with van der Waals surface area (Å²) in [6.07, 6.45) is 0.571. The van der Waals surface area contributed by atoms with Crippen molar-refractivity contribution in [3.8, 4) is 0 Å². The third kappa shape index (κ3) is 3.78. The maximum Gasteiger partial charge on any atom is 0.352 e. The number of hydrogen-bond donors (Lipinski definition) is 0. The van der Waals surface area contributed by atoms with E-state index in [-0.39, 0.29) is 17.4 Å². The summed E-state index contributed by atoms with van der Waals surface area (Å²) in [5, 5.41) is 4.44. The first-order valence-electron chi connectivity index (χ1n) is 5.99. The zero-order valence-electron chi connectivity index (χ0n) is 10.9. The van der Waals surface area contributed by atoms with Gasteiger partial charge in [0.05, 0.1) is 15.7 Å². The van der Waals surface area contributed by atoms with Crippen LogP contribution in [0.4, 0.5) is 0 Å². The number of Topliss-reactive ketones (excluding diaryl/α,β-unsaturated/α-hetero) is 1. The van der Waals surface area contributed by atoms with E-state index in [0.717, 1.165) is 11.5 Å². The topological polar surface area (TPSA) is 69.2 Å². The fraction of sp³-hybridized carbons (Fsp3) is 0.231. The number of hydrogen-bond acceptors (Lipinski definition) is 6. The molecule has 21 heavy (non-hydrogen) atoms. The number of ketones is 1. The Morgan fingerprint density at radius 1 is 1.29 bits per heavy atom.